The van der Waals surface area contributed by atoms with Crippen LogP contribution in [-0.2, 0) is 0 Å². The third kappa shape index (κ3) is 7.15. The Morgan fingerprint density at radius 2 is 1.58 bits per heavy atom. The molecule has 0 aliphatic carbocycles. The zero-order chi connectivity index (χ0) is 9.40. The van der Waals surface area contributed by atoms with E-state index in [9.17, 15) is 13.2 Å². The van der Waals surface area contributed by atoms with Gasteiger partial charge in [0, 0.05) is 5.02 Å². The largest absolute Gasteiger partial charge is 0.298 e. The molecule has 0 radical (unpaired) electrons. The first-order valence-electron chi connectivity index (χ1n) is 2.98. The van der Waals surface area contributed by atoms with Crippen molar-refractivity contribution in [1.82, 2.24) is 0 Å². The second kappa shape index (κ2) is 6.73. The monoisotopic (exact) mass is 194 g/mol. The highest BCUT2D eigenvalue weighted by Crippen LogP contribution is 2.03. The molecule has 0 saturated carbocycles. The van der Waals surface area contributed by atoms with Crippen LogP contribution < -0.4 is 0 Å². The van der Waals surface area contributed by atoms with Gasteiger partial charge in [-0.3, -0.25) is 0 Å². The number of hydrogen-bond donors (Lipinski definition) is 0. The summed E-state index contributed by atoms with van der Waals surface area (Å²) in [6.45, 7) is 0. The van der Waals surface area contributed by atoms with Crippen LogP contribution in [0.15, 0.2) is 42.7 Å². The highest BCUT2D eigenvalue weighted by Gasteiger charge is 1.78. The molecule has 4 heteroatoms. The van der Waals surface area contributed by atoms with Gasteiger partial charge >= 0.3 is 0 Å². The normalized spacial score (nSPS) is 8.00. The molecule has 1 aromatic carbocycles. The van der Waals surface area contributed by atoms with Crippen molar-refractivity contribution in [2.24, 2.45) is 0 Å². The van der Waals surface area contributed by atoms with Gasteiger partial charge in [0.15, 0.2) is 6.33 Å². The zero-order valence-electron chi connectivity index (χ0n) is 5.98. The standard InChI is InChI=1S/C6H5Cl.C2HF3/c7-6-4-2-1-3-5-6;3-1-2(4)5/h1-5H;1H. The molecule has 0 fully saturated rings. The maximum absolute atomic E-state index is 10.2. The summed E-state index contributed by atoms with van der Waals surface area (Å²) >= 11 is 5.54. The summed E-state index contributed by atoms with van der Waals surface area (Å²) in [7, 11) is 0. The fourth-order valence-electron chi connectivity index (χ4n) is 0.415. The Bertz CT molecular complexity index is 229. The SMILES string of the molecule is Clc1ccccc1.FC=C(F)F. The van der Waals surface area contributed by atoms with Gasteiger partial charge in [0.1, 0.15) is 0 Å². The van der Waals surface area contributed by atoms with E-state index in [2.05, 4.69) is 0 Å². The van der Waals surface area contributed by atoms with Gasteiger partial charge in [0.25, 0.3) is 6.08 Å². The summed E-state index contributed by atoms with van der Waals surface area (Å²) in [5.41, 5.74) is 0. The topological polar surface area (TPSA) is 0 Å². The fourth-order valence-corrected chi connectivity index (χ4v) is 0.560. The zero-order valence-corrected chi connectivity index (χ0v) is 6.73. The molecule has 66 valence electrons. The van der Waals surface area contributed by atoms with E-state index in [4.69, 9.17) is 11.6 Å². The van der Waals surface area contributed by atoms with Crippen LogP contribution in [0.1, 0.15) is 0 Å². The molecule has 1 aromatic rings. The number of rotatable bonds is 0. The second-order valence-electron chi connectivity index (χ2n) is 1.69. The summed E-state index contributed by atoms with van der Waals surface area (Å²) in [5, 5.41) is 0.794. The van der Waals surface area contributed by atoms with Crippen molar-refractivity contribution in [2.45, 2.75) is 0 Å². The van der Waals surface area contributed by atoms with Gasteiger partial charge in [-0.25, -0.2) is 4.39 Å². The lowest BCUT2D eigenvalue weighted by Gasteiger charge is -1.80. The lowest BCUT2D eigenvalue weighted by Crippen LogP contribution is -1.55. The molecule has 0 nitrogen and oxygen atoms in total. The lowest BCUT2D eigenvalue weighted by molar-refractivity contribution is 0.400. The second-order valence-corrected chi connectivity index (χ2v) is 2.13. The number of halogens is 4. The smallest absolute Gasteiger partial charge is 0.210 e. The van der Waals surface area contributed by atoms with Crippen LogP contribution in [0.4, 0.5) is 13.2 Å². The highest BCUT2D eigenvalue weighted by molar-refractivity contribution is 6.30. The van der Waals surface area contributed by atoms with Crippen LogP contribution in [0.3, 0.4) is 0 Å². The molecule has 0 amide bonds. The van der Waals surface area contributed by atoms with E-state index in [0.29, 0.717) is 0 Å². The molecule has 0 unspecified atom stereocenters. The van der Waals surface area contributed by atoms with Crippen LogP contribution >= 0.6 is 11.6 Å². The minimum absolute atomic E-state index is 0.750. The van der Waals surface area contributed by atoms with Crippen molar-refractivity contribution in [2.75, 3.05) is 0 Å². The van der Waals surface area contributed by atoms with Gasteiger partial charge in [-0.2, -0.15) is 8.78 Å². The lowest BCUT2D eigenvalue weighted by atomic mass is 10.4. The molecule has 0 saturated heterocycles. The number of benzene rings is 1. The van der Waals surface area contributed by atoms with Gasteiger partial charge < -0.3 is 0 Å². The van der Waals surface area contributed by atoms with Crippen LogP contribution in [0.5, 0.6) is 0 Å². The third-order valence-corrected chi connectivity index (χ3v) is 1.07. The Morgan fingerprint density at radius 1 is 1.17 bits per heavy atom. The molecular weight excluding hydrogens is 189 g/mol. The van der Waals surface area contributed by atoms with E-state index in [1.807, 2.05) is 30.3 Å². The number of hydrogen-bond acceptors (Lipinski definition) is 0. The molecular formula is C8H6ClF3. The van der Waals surface area contributed by atoms with Crippen molar-refractivity contribution < 1.29 is 13.2 Å². The summed E-state index contributed by atoms with van der Waals surface area (Å²) in [4.78, 5) is 0. The maximum Gasteiger partial charge on any atom is 0.298 e. The van der Waals surface area contributed by atoms with Crippen LogP contribution in [0, 0.1) is 0 Å². The van der Waals surface area contributed by atoms with Gasteiger partial charge in [-0.05, 0) is 12.1 Å². The predicted octanol–water partition coefficient (Wildman–Crippen LogP) is 4.03. The Kier molecular flexibility index (Phi) is 6.19. The summed E-state index contributed by atoms with van der Waals surface area (Å²) in [6.07, 6.45) is -3.04. The van der Waals surface area contributed by atoms with Gasteiger partial charge in [0.05, 0.1) is 0 Å². The fraction of sp³-hybridized carbons (Fsp3) is 0. The van der Waals surface area contributed by atoms with E-state index < -0.39 is 12.4 Å². The molecule has 0 aliphatic rings. The molecule has 0 bridgehead atoms. The molecule has 0 aliphatic heterocycles. The van der Waals surface area contributed by atoms with E-state index >= 15 is 0 Å². The summed E-state index contributed by atoms with van der Waals surface area (Å²) < 4.78 is 30.7. The maximum atomic E-state index is 10.2. The average molecular weight is 195 g/mol. The average Bonchev–Trinajstić information content (AvgIpc) is 2.07. The Morgan fingerprint density at radius 3 is 1.75 bits per heavy atom. The van der Waals surface area contributed by atoms with Gasteiger partial charge in [-0.1, -0.05) is 29.8 Å². The third-order valence-electron chi connectivity index (χ3n) is 0.816. The van der Waals surface area contributed by atoms with Crippen LogP contribution in [-0.4, -0.2) is 0 Å². The van der Waals surface area contributed by atoms with E-state index in [1.54, 1.807) is 0 Å². The molecule has 0 heterocycles. The quantitative estimate of drug-likeness (QED) is 0.585. The van der Waals surface area contributed by atoms with E-state index in [-0.39, 0.29) is 0 Å². The van der Waals surface area contributed by atoms with Crippen LogP contribution in [0.25, 0.3) is 0 Å². The molecule has 0 spiro atoms. The van der Waals surface area contributed by atoms with Crippen molar-refractivity contribution in [3.05, 3.63) is 47.8 Å². The van der Waals surface area contributed by atoms with Crippen molar-refractivity contribution in [3.63, 3.8) is 0 Å². The molecule has 1 rings (SSSR count). The summed E-state index contributed by atoms with van der Waals surface area (Å²) in [5.74, 6) is 0. The minimum Gasteiger partial charge on any atom is -0.210 e. The van der Waals surface area contributed by atoms with E-state index in [0.717, 1.165) is 5.02 Å². The minimum atomic E-state index is -2.29. The first-order valence-corrected chi connectivity index (χ1v) is 3.36. The van der Waals surface area contributed by atoms with Gasteiger partial charge in [0.2, 0.25) is 0 Å². The van der Waals surface area contributed by atoms with E-state index in [1.165, 1.54) is 0 Å². The summed E-state index contributed by atoms with van der Waals surface area (Å²) in [6, 6.07) is 9.44. The van der Waals surface area contributed by atoms with Crippen LogP contribution in [0.2, 0.25) is 5.02 Å². The van der Waals surface area contributed by atoms with Crippen molar-refractivity contribution >= 4 is 11.6 Å². The highest BCUT2D eigenvalue weighted by atomic mass is 35.5. The molecule has 0 aromatic heterocycles. The van der Waals surface area contributed by atoms with Crippen molar-refractivity contribution in [3.8, 4) is 0 Å². The first kappa shape index (κ1) is 11.0. The first-order chi connectivity index (χ1) is 5.66. The molecule has 12 heavy (non-hydrogen) atoms. The molecule has 0 atom stereocenters. The van der Waals surface area contributed by atoms with Gasteiger partial charge in [-0.15, -0.1) is 0 Å². The predicted molar refractivity (Wildman–Crippen MR) is 42.9 cm³/mol. The molecule has 0 N–H and O–H groups in total. The Balaban J connectivity index is 0.000000217. The van der Waals surface area contributed by atoms with Crippen molar-refractivity contribution in [1.29, 1.82) is 0 Å². The Hall–Kier alpha value is -0.960. The Labute approximate surface area is 73.3 Å².